The lowest BCUT2D eigenvalue weighted by molar-refractivity contribution is -0.170. The molecule has 31 heavy (non-hydrogen) atoms. The molecule has 1 heterocycles. The summed E-state index contributed by atoms with van der Waals surface area (Å²) in [6, 6.07) is 8.91. The van der Waals surface area contributed by atoms with Crippen molar-refractivity contribution in [1.29, 1.82) is 0 Å². The quantitative estimate of drug-likeness (QED) is 0.537. The summed E-state index contributed by atoms with van der Waals surface area (Å²) in [5.74, 6) is -1.14. The molecule has 0 radical (unpaired) electrons. The second kappa shape index (κ2) is 8.94. The van der Waals surface area contributed by atoms with Gasteiger partial charge in [-0.3, -0.25) is 0 Å². The first kappa shape index (κ1) is 22.6. The molecular formula is C20H17ClF3N3O4. The fraction of sp³-hybridized carbons (Fsp3) is 0.250. The standard InChI is InChI=1S/C20H17ClF3N3O4/c1-2-30-18(28)19(29,10-27-12-25-11-26-27)16-8-7-15(9-17(16)20(22,23)24)31-14-5-3-13(21)4-6-14/h3-9,11-12,29H,2,10H2,1H3. The summed E-state index contributed by atoms with van der Waals surface area (Å²) in [6.45, 7) is 0.700. The summed E-state index contributed by atoms with van der Waals surface area (Å²) in [5, 5.41) is 15.3. The Bertz CT molecular complexity index is 1040. The number of aliphatic hydroxyl groups is 1. The van der Waals surface area contributed by atoms with Gasteiger partial charge in [0.15, 0.2) is 0 Å². The third-order valence-electron chi connectivity index (χ3n) is 4.26. The van der Waals surface area contributed by atoms with Crippen LogP contribution in [0, 0.1) is 0 Å². The highest BCUT2D eigenvalue weighted by Gasteiger charge is 2.47. The van der Waals surface area contributed by atoms with Crippen molar-refractivity contribution in [3.05, 3.63) is 71.3 Å². The molecule has 0 amide bonds. The monoisotopic (exact) mass is 455 g/mol. The number of benzene rings is 2. The summed E-state index contributed by atoms with van der Waals surface area (Å²) in [4.78, 5) is 16.2. The van der Waals surface area contributed by atoms with Crippen LogP contribution in [0.3, 0.4) is 0 Å². The zero-order chi connectivity index (χ0) is 22.6. The van der Waals surface area contributed by atoms with Crippen molar-refractivity contribution >= 4 is 17.6 Å². The minimum absolute atomic E-state index is 0.141. The maximum Gasteiger partial charge on any atom is 0.416 e. The number of carbonyl (C=O) groups is 1. The van der Waals surface area contributed by atoms with E-state index in [2.05, 4.69) is 10.1 Å². The van der Waals surface area contributed by atoms with E-state index < -0.39 is 35.4 Å². The molecule has 7 nitrogen and oxygen atoms in total. The van der Waals surface area contributed by atoms with Crippen LogP contribution >= 0.6 is 11.6 Å². The Labute approximate surface area is 180 Å². The molecule has 0 aliphatic heterocycles. The minimum atomic E-state index is -4.91. The van der Waals surface area contributed by atoms with Gasteiger partial charge >= 0.3 is 12.1 Å². The molecule has 1 atom stereocenters. The van der Waals surface area contributed by atoms with Crippen molar-refractivity contribution in [2.24, 2.45) is 0 Å². The van der Waals surface area contributed by atoms with E-state index in [1.54, 1.807) is 0 Å². The molecule has 0 bridgehead atoms. The lowest BCUT2D eigenvalue weighted by Gasteiger charge is -2.29. The van der Waals surface area contributed by atoms with Crippen LogP contribution in [0.2, 0.25) is 5.02 Å². The Morgan fingerprint density at radius 2 is 1.81 bits per heavy atom. The SMILES string of the molecule is CCOC(=O)C(O)(Cn1cncn1)c1ccc(Oc2ccc(Cl)cc2)cc1C(F)(F)F. The Morgan fingerprint density at radius 1 is 1.13 bits per heavy atom. The van der Waals surface area contributed by atoms with E-state index >= 15 is 0 Å². The van der Waals surface area contributed by atoms with Gasteiger partial charge < -0.3 is 14.6 Å². The third kappa shape index (κ3) is 5.15. The van der Waals surface area contributed by atoms with Crippen molar-refractivity contribution in [2.45, 2.75) is 25.2 Å². The number of esters is 1. The smallest absolute Gasteiger partial charge is 0.416 e. The van der Waals surface area contributed by atoms with Crippen LogP contribution in [0.15, 0.2) is 55.1 Å². The average molecular weight is 456 g/mol. The molecule has 3 rings (SSSR count). The molecule has 0 aliphatic rings. The van der Waals surface area contributed by atoms with E-state index in [9.17, 15) is 23.1 Å². The molecule has 0 spiro atoms. The van der Waals surface area contributed by atoms with Gasteiger partial charge in [0.1, 0.15) is 24.2 Å². The molecule has 1 N–H and O–H groups in total. The first-order valence-corrected chi connectivity index (χ1v) is 9.38. The molecule has 1 aromatic heterocycles. The summed E-state index contributed by atoms with van der Waals surface area (Å²) in [5.41, 5.74) is -4.63. The predicted octanol–water partition coefficient (Wildman–Crippen LogP) is 4.19. The molecule has 2 aromatic carbocycles. The van der Waals surface area contributed by atoms with Crippen molar-refractivity contribution < 1.29 is 32.5 Å². The van der Waals surface area contributed by atoms with Crippen molar-refractivity contribution in [2.75, 3.05) is 6.61 Å². The van der Waals surface area contributed by atoms with E-state index in [0.717, 1.165) is 23.4 Å². The summed E-state index contributed by atoms with van der Waals surface area (Å²) < 4.78 is 53.1. The topological polar surface area (TPSA) is 86.5 Å². The van der Waals surface area contributed by atoms with Gasteiger partial charge in [-0.2, -0.15) is 18.3 Å². The third-order valence-corrected chi connectivity index (χ3v) is 4.51. The van der Waals surface area contributed by atoms with Crippen LogP contribution in [-0.2, 0) is 27.9 Å². The second-order valence-electron chi connectivity index (χ2n) is 6.43. The first-order chi connectivity index (χ1) is 14.6. The number of aromatic nitrogens is 3. The highest BCUT2D eigenvalue weighted by molar-refractivity contribution is 6.30. The Kier molecular flexibility index (Phi) is 6.51. The summed E-state index contributed by atoms with van der Waals surface area (Å²) in [6.07, 6.45) is -2.62. The van der Waals surface area contributed by atoms with Gasteiger partial charge in [0.05, 0.1) is 18.7 Å². The molecular weight excluding hydrogens is 439 g/mol. The number of alkyl halides is 3. The predicted molar refractivity (Wildman–Crippen MR) is 104 cm³/mol. The molecule has 1 unspecified atom stereocenters. The number of hydrogen-bond acceptors (Lipinski definition) is 6. The number of rotatable bonds is 7. The van der Waals surface area contributed by atoms with Crippen LogP contribution in [0.1, 0.15) is 18.1 Å². The number of carbonyl (C=O) groups excluding carboxylic acids is 1. The summed E-state index contributed by atoms with van der Waals surface area (Å²) >= 11 is 5.80. The van der Waals surface area contributed by atoms with Gasteiger partial charge in [0.2, 0.25) is 5.60 Å². The molecule has 0 saturated carbocycles. The highest BCUT2D eigenvalue weighted by atomic mass is 35.5. The van der Waals surface area contributed by atoms with Gasteiger partial charge in [-0.15, -0.1) is 0 Å². The van der Waals surface area contributed by atoms with E-state index in [1.807, 2.05) is 0 Å². The second-order valence-corrected chi connectivity index (χ2v) is 6.87. The molecule has 164 valence electrons. The molecule has 0 saturated heterocycles. The number of ether oxygens (including phenoxy) is 2. The van der Waals surface area contributed by atoms with Crippen LogP contribution in [0.5, 0.6) is 11.5 Å². The van der Waals surface area contributed by atoms with Crippen LogP contribution < -0.4 is 4.74 Å². The first-order valence-electron chi connectivity index (χ1n) is 9.00. The van der Waals surface area contributed by atoms with Gasteiger partial charge in [0.25, 0.3) is 0 Å². The number of nitrogens with zero attached hydrogens (tertiary/aromatic N) is 3. The van der Waals surface area contributed by atoms with Crippen molar-refractivity contribution in [1.82, 2.24) is 14.8 Å². The zero-order valence-electron chi connectivity index (χ0n) is 16.1. The maximum absolute atomic E-state index is 13.9. The molecule has 11 heteroatoms. The Hall–Kier alpha value is -3.11. The van der Waals surface area contributed by atoms with Gasteiger partial charge in [-0.05, 0) is 43.3 Å². The van der Waals surface area contributed by atoms with Gasteiger partial charge in [-0.25, -0.2) is 14.5 Å². The fourth-order valence-electron chi connectivity index (χ4n) is 2.88. The van der Waals surface area contributed by atoms with Gasteiger partial charge in [0, 0.05) is 10.6 Å². The van der Waals surface area contributed by atoms with Crippen molar-refractivity contribution in [3.8, 4) is 11.5 Å². The lowest BCUT2D eigenvalue weighted by atomic mass is 9.89. The molecule has 0 aliphatic carbocycles. The van der Waals surface area contributed by atoms with Crippen LogP contribution in [0.25, 0.3) is 0 Å². The Morgan fingerprint density at radius 3 is 2.39 bits per heavy atom. The number of halogens is 4. The normalized spacial score (nSPS) is 13.5. The minimum Gasteiger partial charge on any atom is -0.464 e. The van der Waals surface area contributed by atoms with Crippen LogP contribution in [0.4, 0.5) is 13.2 Å². The average Bonchev–Trinajstić information content (AvgIpc) is 3.22. The summed E-state index contributed by atoms with van der Waals surface area (Å²) in [7, 11) is 0. The van der Waals surface area contributed by atoms with Gasteiger partial charge in [-0.1, -0.05) is 17.7 Å². The molecule has 0 fully saturated rings. The van der Waals surface area contributed by atoms with E-state index in [0.29, 0.717) is 11.1 Å². The fourth-order valence-corrected chi connectivity index (χ4v) is 3.01. The van der Waals surface area contributed by atoms with Crippen molar-refractivity contribution in [3.63, 3.8) is 0 Å². The largest absolute Gasteiger partial charge is 0.464 e. The zero-order valence-corrected chi connectivity index (χ0v) is 16.9. The number of hydrogen-bond donors (Lipinski definition) is 1. The van der Waals surface area contributed by atoms with E-state index in [1.165, 1.54) is 37.3 Å². The van der Waals surface area contributed by atoms with E-state index in [4.69, 9.17) is 21.1 Å². The Balaban J connectivity index is 2.07. The van der Waals surface area contributed by atoms with E-state index in [-0.39, 0.29) is 18.1 Å². The highest BCUT2D eigenvalue weighted by Crippen LogP contribution is 2.40. The lowest BCUT2D eigenvalue weighted by Crippen LogP contribution is -2.43. The maximum atomic E-state index is 13.9. The molecule has 3 aromatic rings. The van der Waals surface area contributed by atoms with Crippen LogP contribution in [-0.4, -0.2) is 32.4 Å².